The molecule has 21 heavy (non-hydrogen) atoms. The van der Waals surface area contributed by atoms with Crippen molar-refractivity contribution in [1.29, 1.82) is 5.26 Å². The average Bonchev–Trinajstić information content (AvgIpc) is 2.43. The quantitative estimate of drug-likeness (QED) is 0.567. The number of nitriles is 1. The fourth-order valence-electron chi connectivity index (χ4n) is 1.88. The molecule has 0 aliphatic carbocycles. The maximum atomic E-state index is 13.1. The Morgan fingerprint density at radius 1 is 1.38 bits per heavy atom. The lowest BCUT2D eigenvalue weighted by molar-refractivity contribution is -0.138. The Bertz CT molecular complexity index is 500. The van der Waals surface area contributed by atoms with Crippen LogP contribution in [-0.2, 0) is 17.5 Å². The third-order valence-corrected chi connectivity index (χ3v) is 3.58. The molecule has 0 radical (unpaired) electrons. The van der Waals surface area contributed by atoms with E-state index >= 15 is 0 Å². The molecule has 0 heterocycles. The summed E-state index contributed by atoms with van der Waals surface area (Å²) in [7, 11) is 1.56. The van der Waals surface area contributed by atoms with Crippen molar-refractivity contribution >= 4 is 11.8 Å². The van der Waals surface area contributed by atoms with E-state index in [1.807, 2.05) is 11.8 Å². The lowest BCUT2D eigenvalue weighted by Gasteiger charge is -2.22. The van der Waals surface area contributed by atoms with Crippen molar-refractivity contribution in [2.75, 3.05) is 26.8 Å². The van der Waals surface area contributed by atoms with E-state index in [9.17, 15) is 13.2 Å². The van der Waals surface area contributed by atoms with E-state index in [0.29, 0.717) is 24.6 Å². The zero-order valence-electron chi connectivity index (χ0n) is 11.9. The molecule has 0 fully saturated rings. The molecule has 1 aromatic carbocycles. The van der Waals surface area contributed by atoms with Crippen LogP contribution in [0.15, 0.2) is 23.1 Å². The zero-order chi connectivity index (χ0) is 15.9. The minimum absolute atomic E-state index is 0.201. The first kappa shape index (κ1) is 17.8. The molecule has 0 aliphatic rings. The van der Waals surface area contributed by atoms with Crippen LogP contribution in [0, 0.1) is 10.7 Å². The van der Waals surface area contributed by atoms with Crippen molar-refractivity contribution in [2.45, 2.75) is 24.5 Å². The fourth-order valence-corrected chi connectivity index (χ4v) is 2.30. The van der Waals surface area contributed by atoms with Crippen LogP contribution < -0.4 is 0 Å². The molecule has 0 spiro atoms. The molecule has 0 atom stereocenters. The van der Waals surface area contributed by atoms with Crippen LogP contribution in [0.4, 0.5) is 13.2 Å². The van der Waals surface area contributed by atoms with Gasteiger partial charge in [-0.15, -0.1) is 0 Å². The normalized spacial score (nSPS) is 11.7. The molecule has 116 valence electrons. The van der Waals surface area contributed by atoms with Crippen LogP contribution >= 0.6 is 11.8 Å². The van der Waals surface area contributed by atoms with Gasteiger partial charge in [-0.25, -0.2) is 0 Å². The molecule has 1 aromatic rings. The maximum absolute atomic E-state index is 13.1. The monoisotopic (exact) mass is 318 g/mol. The number of likely N-dealkylation sites (N-methyl/N-ethyl adjacent to an activating group) is 1. The highest BCUT2D eigenvalue weighted by atomic mass is 32.2. The number of hydrogen-bond donors (Lipinski definition) is 0. The summed E-state index contributed by atoms with van der Waals surface area (Å²) in [5.74, 6) is 0. The van der Waals surface area contributed by atoms with E-state index in [0.717, 1.165) is 17.8 Å². The second kappa shape index (κ2) is 8.27. The predicted molar refractivity (Wildman–Crippen MR) is 75.7 cm³/mol. The Morgan fingerprint density at radius 2 is 2.10 bits per heavy atom. The molecule has 0 saturated heterocycles. The second-order valence-corrected chi connectivity index (χ2v) is 5.23. The number of halogens is 3. The summed E-state index contributed by atoms with van der Waals surface area (Å²) in [5.41, 5.74) is -0.471. The fraction of sp³-hybridized carbons (Fsp3) is 0.500. The zero-order valence-corrected chi connectivity index (χ0v) is 12.7. The molecule has 0 amide bonds. The number of rotatable bonds is 7. The summed E-state index contributed by atoms with van der Waals surface area (Å²) in [6.07, 6.45) is -4.43. The number of benzene rings is 1. The van der Waals surface area contributed by atoms with Crippen LogP contribution in [0.5, 0.6) is 0 Å². The number of hydrogen-bond acceptors (Lipinski definition) is 4. The highest BCUT2D eigenvalue weighted by Crippen LogP contribution is 2.35. The third kappa shape index (κ3) is 5.58. The Morgan fingerprint density at radius 3 is 2.62 bits per heavy atom. The van der Waals surface area contributed by atoms with Crippen LogP contribution in [-0.4, -0.2) is 31.7 Å². The average molecular weight is 318 g/mol. The molecule has 0 unspecified atom stereocenters. The maximum Gasteiger partial charge on any atom is 0.416 e. The van der Waals surface area contributed by atoms with Crippen molar-refractivity contribution in [2.24, 2.45) is 0 Å². The van der Waals surface area contributed by atoms with Gasteiger partial charge in [0.15, 0.2) is 0 Å². The minimum atomic E-state index is -4.43. The SMILES string of the molecule is CCN(CCOC)Cc1ccc(SC#N)cc1C(F)(F)F. The standard InChI is InChI=1S/C14H17F3N2OS/c1-3-19(6-7-20-2)9-11-4-5-12(21-10-18)8-13(11)14(15,16)17/h4-5,8H,3,6-7,9H2,1-2H3. The summed E-state index contributed by atoms with van der Waals surface area (Å²) in [4.78, 5) is 2.18. The van der Waals surface area contributed by atoms with Gasteiger partial charge in [0, 0.05) is 25.1 Å². The Kier molecular flexibility index (Phi) is 7.02. The lowest BCUT2D eigenvalue weighted by atomic mass is 10.1. The Hall–Kier alpha value is -1.23. The van der Waals surface area contributed by atoms with E-state index in [1.165, 1.54) is 6.07 Å². The van der Waals surface area contributed by atoms with Crippen molar-refractivity contribution in [3.05, 3.63) is 29.3 Å². The van der Waals surface area contributed by atoms with Crippen LogP contribution in [0.1, 0.15) is 18.1 Å². The lowest BCUT2D eigenvalue weighted by Crippen LogP contribution is -2.28. The minimum Gasteiger partial charge on any atom is -0.383 e. The second-order valence-electron chi connectivity index (χ2n) is 4.37. The molecule has 7 heteroatoms. The number of nitrogens with zero attached hydrogens (tertiary/aromatic N) is 2. The molecular weight excluding hydrogens is 301 g/mol. The summed E-state index contributed by atoms with van der Waals surface area (Å²) < 4.78 is 44.4. The first-order chi connectivity index (χ1) is 9.92. The largest absolute Gasteiger partial charge is 0.416 e. The topological polar surface area (TPSA) is 36.3 Å². The summed E-state index contributed by atoms with van der Waals surface area (Å²) >= 11 is 0.725. The summed E-state index contributed by atoms with van der Waals surface area (Å²) in [6.45, 7) is 3.76. The molecule has 0 aromatic heterocycles. The molecule has 0 bridgehead atoms. The van der Waals surface area contributed by atoms with Gasteiger partial charge in [0.2, 0.25) is 0 Å². The molecular formula is C14H17F3N2OS. The third-order valence-electron chi connectivity index (χ3n) is 3.00. The van der Waals surface area contributed by atoms with Gasteiger partial charge in [-0.3, -0.25) is 4.90 Å². The highest BCUT2D eigenvalue weighted by molar-refractivity contribution is 8.03. The smallest absolute Gasteiger partial charge is 0.383 e. The van der Waals surface area contributed by atoms with Gasteiger partial charge in [-0.1, -0.05) is 13.0 Å². The molecule has 0 aliphatic heterocycles. The van der Waals surface area contributed by atoms with Crippen molar-refractivity contribution < 1.29 is 17.9 Å². The van der Waals surface area contributed by atoms with E-state index in [2.05, 4.69) is 0 Å². The van der Waals surface area contributed by atoms with Gasteiger partial charge in [0.05, 0.1) is 12.2 Å². The van der Waals surface area contributed by atoms with E-state index in [1.54, 1.807) is 18.6 Å². The molecule has 3 nitrogen and oxygen atoms in total. The van der Waals surface area contributed by atoms with Crippen molar-refractivity contribution in [1.82, 2.24) is 4.90 Å². The Labute approximate surface area is 126 Å². The highest BCUT2D eigenvalue weighted by Gasteiger charge is 2.33. The summed E-state index contributed by atoms with van der Waals surface area (Å²) in [5, 5.41) is 10.4. The van der Waals surface area contributed by atoms with Crippen LogP contribution in [0.2, 0.25) is 0 Å². The van der Waals surface area contributed by atoms with Gasteiger partial charge in [-0.2, -0.15) is 18.4 Å². The van der Waals surface area contributed by atoms with E-state index in [-0.39, 0.29) is 12.1 Å². The first-order valence-electron chi connectivity index (χ1n) is 6.39. The van der Waals surface area contributed by atoms with Gasteiger partial charge < -0.3 is 4.74 Å². The van der Waals surface area contributed by atoms with Crippen LogP contribution in [0.25, 0.3) is 0 Å². The Balaban J connectivity index is 3.02. The number of methoxy groups -OCH3 is 1. The number of thioether (sulfide) groups is 1. The molecule has 0 saturated carbocycles. The van der Waals surface area contributed by atoms with Gasteiger partial charge in [-0.05, 0) is 36.0 Å². The van der Waals surface area contributed by atoms with Crippen molar-refractivity contribution in [3.63, 3.8) is 0 Å². The summed E-state index contributed by atoms with van der Waals surface area (Å²) in [6, 6.07) is 4.02. The van der Waals surface area contributed by atoms with Gasteiger partial charge >= 0.3 is 6.18 Å². The van der Waals surface area contributed by atoms with Crippen molar-refractivity contribution in [3.8, 4) is 5.40 Å². The first-order valence-corrected chi connectivity index (χ1v) is 7.21. The van der Waals surface area contributed by atoms with Gasteiger partial charge in [0.1, 0.15) is 5.40 Å². The number of thiocyanates is 1. The number of alkyl halides is 3. The molecule has 0 N–H and O–H groups in total. The van der Waals surface area contributed by atoms with Gasteiger partial charge in [0.25, 0.3) is 0 Å². The van der Waals surface area contributed by atoms with Crippen LogP contribution in [0.3, 0.4) is 0 Å². The predicted octanol–water partition coefficient (Wildman–Crippen LogP) is 3.75. The molecule has 1 rings (SSSR count). The van der Waals surface area contributed by atoms with E-state index < -0.39 is 11.7 Å². The number of ether oxygens (including phenoxy) is 1. The van der Waals surface area contributed by atoms with E-state index in [4.69, 9.17) is 10.00 Å².